The van der Waals surface area contributed by atoms with E-state index in [2.05, 4.69) is 32.8 Å². The zero-order chi connectivity index (χ0) is 34.4. The first kappa shape index (κ1) is 36.2. The van der Waals surface area contributed by atoms with Crippen molar-refractivity contribution >= 4 is 35.4 Å². The third kappa shape index (κ3) is 9.60. The number of aromatic nitrogens is 1. The average Bonchev–Trinajstić information content (AvgIpc) is 3.69. The number of carbonyl (C=O) groups excluding carboxylic acids is 6. The van der Waals surface area contributed by atoms with E-state index in [0.717, 1.165) is 12.8 Å². The molecule has 0 radical (unpaired) electrons. The molecule has 1 aromatic rings. The van der Waals surface area contributed by atoms with E-state index < -0.39 is 70.5 Å². The molecule has 1 aliphatic carbocycles. The van der Waals surface area contributed by atoms with E-state index in [0.29, 0.717) is 12.8 Å². The number of urea groups is 1. The van der Waals surface area contributed by atoms with Gasteiger partial charge in [-0.1, -0.05) is 66.5 Å². The molecule has 1 saturated carbocycles. The molecule has 2 heterocycles. The molecule has 3 rings (SSSR count). The third-order valence-corrected chi connectivity index (χ3v) is 8.54. The second-order valence-corrected chi connectivity index (χ2v) is 14.4. The smallest absolute Gasteiger partial charge is 0.315 e. The van der Waals surface area contributed by atoms with Gasteiger partial charge in [-0.2, -0.15) is 0 Å². The molecule has 0 aromatic carbocycles. The molecule has 46 heavy (non-hydrogen) atoms. The molecule has 13 heteroatoms. The van der Waals surface area contributed by atoms with Crippen molar-refractivity contribution in [2.45, 2.75) is 91.4 Å². The van der Waals surface area contributed by atoms with Crippen molar-refractivity contribution in [1.29, 1.82) is 0 Å². The Balaban J connectivity index is 1.76. The maximum absolute atomic E-state index is 14.1. The first-order chi connectivity index (χ1) is 21.4. The SMILES string of the molecule is C=C[C@H]1CCN(C(=O)[C@@H](NC(=O)N[C@H](CNC(=O)c2ccccn2)C(C)(C)C)C(C)(C)C)[C@@H]1C(=O)NC(CC1CC1)C(=O)C(N)=O. The lowest BCUT2D eigenvalue weighted by Crippen LogP contribution is -2.62. The van der Waals surface area contributed by atoms with E-state index in [1.807, 2.05) is 20.8 Å². The summed E-state index contributed by atoms with van der Waals surface area (Å²) < 4.78 is 0. The predicted octanol–water partition coefficient (Wildman–Crippen LogP) is 1.68. The maximum atomic E-state index is 14.1. The number of nitrogens with two attached hydrogens (primary N) is 1. The molecule has 13 nitrogen and oxygen atoms in total. The number of hydrogen-bond donors (Lipinski definition) is 5. The van der Waals surface area contributed by atoms with Crippen LogP contribution in [0.3, 0.4) is 0 Å². The van der Waals surface area contributed by atoms with Gasteiger partial charge in [-0.25, -0.2) is 4.79 Å². The highest BCUT2D eigenvalue weighted by molar-refractivity contribution is 6.37. The Morgan fingerprint density at radius 3 is 2.20 bits per heavy atom. The fraction of sp³-hybridized carbons (Fsp3) is 0.606. The summed E-state index contributed by atoms with van der Waals surface area (Å²) in [5.41, 5.74) is 4.28. The van der Waals surface area contributed by atoms with Crippen LogP contribution >= 0.6 is 0 Å². The fourth-order valence-electron chi connectivity index (χ4n) is 5.50. The van der Waals surface area contributed by atoms with Crippen LogP contribution in [0.25, 0.3) is 0 Å². The molecule has 1 aromatic heterocycles. The summed E-state index contributed by atoms with van der Waals surface area (Å²) in [6, 6.07) is 0.768. The molecule has 1 saturated heterocycles. The maximum Gasteiger partial charge on any atom is 0.315 e. The summed E-state index contributed by atoms with van der Waals surface area (Å²) in [5.74, 6) is -3.62. The number of rotatable bonds is 13. The van der Waals surface area contributed by atoms with Crippen molar-refractivity contribution in [1.82, 2.24) is 31.2 Å². The number of primary amides is 1. The Bertz CT molecular complexity index is 1320. The Labute approximate surface area is 270 Å². The molecule has 252 valence electrons. The van der Waals surface area contributed by atoms with Crippen LogP contribution in [0.4, 0.5) is 4.79 Å². The highest BCUT2D eigenvalue weighted by Gasteiger charge is 2.46. The standard InChI is InChI=1S/C33H49N7O6/c1-8-20-14-16-40(24(20)29(44)37-22(17-19-12-13-19)25(41)27(34)42)30(45)26(33(5,6)7)39-31(46)38-23(32(2,3)4)18-36-28(43)21-11-9-10-15-35-21/h8-11,15,19-20,22-24,26H,1,12-14,16-18H2,2-7H3,(H2,34,42)(H,36,43)(H,37,44)(H2,38,39,46)/t20-,22?,23+,24-,26+/m0/s1. The van der Waals surface area contributed by atoms with Crippen LogP contribution in [-0.4, -0.2) is 82.6 Å². The second kappa shape index (κ2) is 14.9. The minimum Gasteiger partial charge on any atom is -0.363 e. The van der Waals surface area contributed by atoms with E-state index in [4.69, 9.17) is 5.73 Å². The molecule has 1 unspecified atom stereocenters. The number of likely N-dealkylation sites (tertiary alicyclic amines) is 1. The van der Waals surface area contributed by atoms with Crippen LogP contribution in [0, 0.1) is 22.7 Å². The van der Waals surface area contributed by atoms with Gasteiger partial charge < -0.3 is 31.9 Å². The van der Waals surface area contributed by atoms with Crippen molar-refractivity contribution in [3.63, 3.8) is 0 Å². The summed E-state index contributed by atoms with van der Waals surface area (Å²) in [7, 11) is 0. The lowest BCUT2D eigenvalue weighted by Gasteiger charge is -2.37. The van der Waals surface area contributed by atoms with Gasteiger partial charge in [0.25, 0.3) is 11.8 Å². The number of hydrogen-bond acceptors (Lipinski definition) is 7. The predicted molar refractivity (Wildman–Crippen MR) is 172 cm³/mol. The van der Waals surface area contributed by atoms with Gasteiger partial charge in [0.2, 0.25) is 17.6 Å². The molecular formula is C33H49N7O6. The number of nitrogens with one attached hydrogen (secondary N) is 4. The van der Waals surface area contributed by atoms with Crippen molar-refractivity contribution in [2.24, 2.45) is 28.4 Å². The van der Waals surface area contributed by atoms with Gasteiger partial charge in [-0.05, 0) is 41.7 Å². The van der Waals surface area contributed by atoms with E-state index in [-0.39, 0.29) is 30.6 Å². The topological polar surface area (TPSA) is 193 Å². The quantitative estimate of drug-likeness (QED) is 0.160. The van der Waals surface area contributed by atoms with Gasteiger partial charge in [0.1, 0.15) is 17.8 Å². The second-order valence-electron chi connectivity index (χ2n) is 14.4. The Hall–Kier alpha value is -4.29. The molecule has 6 N–H and O–H groups in total. The largest absolute Gasteiger partial charge is 0.363 e. The van der Waals surface area contributed by atoms with Crippen molar-refractivity contribution in [3.05, 3.63) is 42.7 Å². The lowest BCUT2D eigenvalue weighted by molar-refractivity contribution is -0.144. The Morgan fingerprint density at radius 1 is 1.00 bits per heavy atom. The van der Waals surface area contributed by atoms with E-state index in [1.165, 1.54) is 11.1 Å². The monoisotopic (exact) mass is 639 g/mol. The van der Waals surface area contributed by atoms with E-state index in [1.54, 1.807) is 45.0 Å². The summed E-state index contributed by atoms with van der Waals surface area (Å²) in [6.45, 7) is 15.3. The third-order valence-electron chi connectivity index (χ3n) is 8.54. The van der Waals surface area contributed by atoms with Crippen LogP contribution in [0.1, 0.15) is 77.7 Å². The number of nitrogens with zero attached hydrogens (tertiary/aromatic N) is 2. The molecular weight excluding hydrogens is 590 g/mol. The average molecular weight is 640 g/mol. The summed E-state index contributed by atoms with van der Waals surface area (Å²) in [5, 5.41) is 11.2. The van der Waals surface area contributed by atoms with Gasteiger partial charge in [-0.3, -0.25) is 29.0 Å². The zero-order valence-corrected chi connectivity index (χ0v) is 27.7. The van der Waals surface area contributed by atoms with Crippen LogP contribution < -0.4 is 27.0 Å². The number of amides is 6. The van der Waals surface area contributed by atoms with Crippen LogP contribution in [0.2, 0.25) is 0 Å². The molecule has 2 fully saturated rings. The van der Waals surface area contributed by atoms with Crippen LogP contribution in [-0.2, 0) is 19.2 Å². The first-order valence-electron chi connectivity index (χ1n) is 15.8. The van der Waals surface area contributed by atoms with Crippen molar-refractivity contribution < 1.29 is 28.8 Å². The minimum atomic E-state index is -1.13. The molecule has 1 aliphatic heterocycles. The summed E-state index contributed by atoms with van der Waals surface area (Å²) in [4.78, 5) is 83.5. The molecule has 0 bridgehead atoms. The fourth-order valence-corrected chi connectivity index (χ4v) is 5.50. The number of Topliss-reactive ketones (excluding diaryl/α,β-unsaturated/α-hetero) is 1. The van der Waals surface area contributed by atoms with Gasteiger partial charge >= 0.3 is 6.03 Å². The highest BCUT2D eigenvalue weighted by Crippen LogP contribution is 2.34. The number of ketones is 1. The molecule has 2 aliphatic rings. The van der Waals surface area contributed by atoms with E-state index >= 15 is 0 Å². The minimum absolute atomic E-state index is 0.113. The highest BCUT2D eigenvalue weighted by atomic mass is 16.2. The van der Waals surface area contributed by atoms with Gasteiger partial charge in [0.15, 0.2) is 0 Å². The Kier molecular flexibility index (Phi) is 11.7. The summed E-state index contributed by atoms with van der Waals surface area (Å²) in [6.07, 6.45) is 5.67. The van der Waals surface area contributed by atoms with Gasteiger partial charge in [0.05, 0.1) is 12.1 Å². The van der Waals surface area contributed by atoms with Gasteiger partial charge in [0, 0.05) is 25.2 Å². The van der Waals surface area contributed by atoms with Crippen molar-refractivity contribution in [3.8, 4) is 0 Å². The lowest BCUT2D eigenvalue weighted by atomic mass is 9.85. The normalized spacial score (nSPS) is 20.1. The van der Waals surface area contributed by atoms with Gasteiger partial charge in [-0.15, -0.1) is 6.58 Å². The molecule has 0 spiro atoms. The number of carbonyl (C=O) groups is 6. The number of pyridine rings is 1. The molecule has 6 amide bonds. The van der Waals surface area contributed by atoms with E-state index in [9.17, 15) is 28.8 Å². The Morgan fingerprint density at radius 2 is 1.67 bits per heavy atom. The first-order valence-corrected chi connectivity index (χ1v) is 15.8. The molecule has 5 atom stereocenters. The summed E-state index contributed by atoms with van der Waals surface area (Å²) >= 11 is 0. The van der Waals surface area contributed by atoms with Crippen LogP contribution in [0.5, 0.6) is 0 Å². The van der Waals surface area contributed by atoms with Crippen molar-refractivity contribution in [2.75, 3.05) is 13.1 Å². The zero-order valence-electron chi connectivity index (χ0n) is 27.7. The van der Waals surface area contributed by atoms with Crippen LogP contribution in [0.15, 0.2) is 37.1 Å².